The molecule has 0 radical (unpaired) electrons. The second kappa shape index (κ2) is 5.39. The molecule has 2 heterocycles. The number of aromatic nitrogens is 3. The molecule has 6 heteroatoms. The van der Waals surface area contributed by atoms with Crippen LogP contribution in [-0.4, -0.2) is 20.9 Å². The molecule has 0 spiro atoms. The maximum absolute atomic E-state index is 11.6. The number of carbonyl (C=O) groups is 1. The molecule has 0 fully saturated rings. The van der Waals surface area contributed by atoms with Crippen LogP contribution < -0.4 is 0 Å². The minimum atomic E-state index is -0.376. The minimum absolute atomic E-state index is 0.0743. The summed E-state index contributed by atoms with van der Waals surface area (Å²) in [7, 11) is 0. The molecule has 2 aromatic rings. The summed E-state index contributed by atoms with van der Waals surface area (Å²) in [4.78, 5) is 20.0. The van der Waals surface area contributed by atoms with Gasteiger partial charge in [-0.3, -0.25) is 9.78 Å². The van der Waals surface area contributed by atoms with Gasteiger partial charge in [-0.15, -0.1) is 0 Å². The Bertz CT molecular complexity index is 568. The largest absolute Gasteiger partial charge is 0.338 e. The minimum Gasteiger partial charge on any atom is -0.338 e. The summed E-state index contributed by atoms with van der Waals surface area (Å²) in [6.07, 6.45) is 2.10. The highest BCUT2D eigenvalue weighted by Crippen LogP contribution is 2.25. The fourth-order valence-corrected chi connectivity index (χ4v) is 1.93. The molecule has 0 aliphatic rings. The van der Waals surface area contributed by atoms with Gasteiger partial charge in [0.05, 0.1) is 5.92 Å². The van der Waals surface area contributed by atoms with Crippen molar-refractivity contribution in [3.63, 3.8) is 0 Å². The average Bonchev–Trinajstić information content (AvgIpc) is 2.87. The van der Waals surface area contributed by atoms with E-state index < -0.39 is 0 Å². The molecule has 1 unspecified atom stereocenters. The Kier molecular flexibility index (Phi) is 3.86. The Morgan fingerprint density at radius 1 is 1.56 bits per heavy atom. The molecule has 2 aromatic heterocycles. The molecule has 0 saturated carbocycles. The Morgan fingerprint density at radius 2 is 2.33 bits per heavy atom. The van der Waals surface area contributed by atoms with Gasteiger partial charge in [0.1, 0.15) is 11.5 Å². The molecule has 0 N–H and O–H groups in total. The zero-order chi connectivity index (χ0) is 13.1. The number of hydrogen-bond acceptors (Lipinski definition) is 5. The second-order valence-electron chi connectivity index (χ2n) is 3.83. The van der Waals surface area contributed by atoms with Crippen molar-refractivity contribution in [2.45, 2.75) is 26.2 Å². The van der Waals surface area contributed by atoms with E-state index in [2.05, 4.69) is 31.1 Å². The van der Waals surface area contributed by atoms with Gasteiger partial charge in [0.2, 0.25) is 11.7 Å². The van der Waals surface area contributed by atoms with Gasteiger partial charge in [-0.25, -0.2) is 0 Å². The number of carbonyl (C=O) groups excluding carboxylic acids is 1. The summed E-state index contributed by atoms with van der Waals surface area (Å²) in [5, 5.41) is 3.85. The van der Waals surface area contributed by atoms with Crippen molar-refractivity contribution in [1.82, 2.24) is 15.1 Å². The first-order chi connectivity index (χ1) is 8.63. The summed E-state index contributed by atoms with van der Waals surface area (Å²) in [5.41, 5.74) is 0.601. The lowest BCUT2D eigenvalue weighted by molar-refractivity contribution is -0.120. The van der Waals surface area contributed by atoms with E-state index in [1.165, 1.54) is 0 Å². The molecule has 0 bridgehead atoms. The number of Topliss-reactive ketones (excluding diaryl/α,β-unsaturated/α-hetero) is 1. The van der Waals surface area contributed by atoms with Crippen LogP contribution in [0.2, 0.25) is 0 Å². The van der Waals surface area contributed by atoms with Gasteiger partial charge in [-0.2, -0.15) is 4.98 Å². The molecule has 0 aliphatic heterocycles. The highest BCUT2D eigenvalue weighted by molar-refractivity contribution is 9.10. The highest BCUT2D eigenvalue weighted by atomic mass is 79.9. The van der Waals surface area contributed by atoms with Crippen LogP contribution in [0, 0.1) is 0 Å². The number of pyridine rings is 1. The lowest BCUT2D eigenvalue weighted by atomic mass is 10.1. The van der Waals surface area contributed by atoms with E-state index in [1.54, 1.807) is 19.2 Å². The predicted molar refractivity (Wildman–Crippen MR) is 68.9 cm³/mol. The normalized spacial score (nSPS) is 12.4. The molecule has 2 rings (SSSR count). The highest BCUT2D eigenvalue weighted by Gasteiger charge is 2.21. The zero-order valence-corrected chi connectivity index (χ0v) is 11.6. The Labute approximate surface area is 113 Å². The number of hydrogen-bond donors (Lipinski definition) is 0. The Hall–Kier alpha value is -1.56. The standard InChI is InChI=1S/C12H12BrN3O2/c1-3-9(17)7(2)12-15-11(16-18-12)10-8(13)5-4-6-14-10/h4-7H,3H2,1-2H3. The first kappa shape index (κ1) is 12.9. The maximum atomic E-state index is 11.6. The molecule has 5 nitrogen and oxygen atoms in total. The van der Waals surface area contributed by atoms with Crippen molar-refractivity contribution in [3.8, 4) is 11.5 Å². The van der Waals surface area contributed by atoms with Crippen molar-refractivity contribution in [2.24, 2.45) is 0 Å². The first-order valence-electron chi connectivity index (χ1n) is 5.60. The van der Waals surface area contributed by atoms with E-state index in [0.717, 1.165) is 4.47 Å². The van der Waals surface area contributed by atoms with E-state index in [9.17, 15) is 4.79 Å². The van der Waals surface area contributed by atoms with Gasteiger partial charge < -0.3 is 4.52 Å². The summed E-state index contributed by atoms with van der Waals surface area (Å²) >= 11 is 3.37. The van der Waals surface area contributed by atoms with Crippen LogP contribution in [0.4, 0.5) is 0 Å². The second-order valence-corrected chi connectivity index (χ2v) is 4.69. The molecule has 18 heavy (non-hydrogen) atoms. The number of ketones is 1. The van der Waals surface area contributed by atoms with Crippen molar-refractivity contribution < 1.29 is 9.32 Å². The topological polar surface area (TPSA) is 68.9 Å². The third-order valence-electron chi connectivity index (χ3n) is 2.61. The average molecular weight is 310 g/mol. The molecule has 0 amide bonds. The fourth-order valence-electron chi connectivity index (χ4n) is 1.50. The van der Waals surface area contributed by atoms with Crippen LogP contribution in [0.15, 0.2) is 27.3 Å². The van der Waals surface area contributed by atoms with Crippen molar-refractivity contribution in [1.29, 1.82) is 0 Å². The maximum Gasteiger partial charge on any atom is 0.237 e. The lowest BCUT2D eigenvalue weighted by Crippen LogP contribution is -2.07. The van der Waals surface area contributed by atoms with Gasteiger partial charge in [-0.05, 0) is 35.0 Å². The Morgan fingerprint density at radius 3 is 3.00 bits per heavy atom. The van der Waals surface area contributed by atoms with Crippen molar-refractivity contribution >= 4 is 21.7 Å². The van der Waals surface area contributed by atoms with Gasteiger partial charge in [0.25, 0.3) is 0 Å². The third-order valence-corrected chi connectivity index (χ3v) is 3.25. The quantitative estimate of drug-likeness (QED) is 0.868. The van der Waals surface area contributed by atoms with E-state index in [1.807, 2.05) is 13.0 Å². The molecular formula is C12H12BrN3O2. The van der Waals surface area contributed by atoms with Gasteiger partial charge in [0.15, 0.2) is 0 Å². The molecule has 94 valence electrons. The molecule has 0 aromatic carbocycles. The lowest BCUT2D eigenvalue weighted by Gasteiger charge is -2.01. The molecule has 1 atom stereocenters. The summed E-state index contributed by atoms with van der Waals surface area (Å²) in [6, 6.07) is 3.65. The van der Waals surface area contributed by atoms with Crippen LogP contribution in [0.25, 0.3) is 11.5 Å². The Balaban J connectivity index is 2.31. The van der Waals surface area contributed by atoms with Gasteiger partial charge in [0, 0.05) is 17.1 Å². The van der Waals surface area contributed by atoms with Crippen LogP contribution in [0.5, 0.6) is 0 Å². The fraction of sp³-hybridized carbons (Fsp3) is 0.333. The monoisotopic (exact) mass is 309 g/mol. The summed E-state index contributed by atoms with van der Waals surface area (Å²) < 4.78 is 5.90. The summed E-state index contributed by atoms with van der Waals surface area (Å²) in [6.45, 7) is 3.57. The van der Waals surface area contributed by atoms with Crippen LogP contribution in [-0.2, 0) is 4.79 Å². The van der Waals surface area contributed by atoms with Gasteiger partial charge >= 0.3 is 0 Å². The molecule has 0 aliphatic carbocycles. The van der Waals surface area contributed by atoms with Crippen LogP contribution in [0.3, 0.4) is 0 Å². The van der Waals surface area contributed by atoms with E-state index in [-0.39, 0.29) is 11.7 Å². The number of nitrogens with zero attached hydrogens (tertiary/aromatic N) is 3. The smallest absolute Gasteiger partial charge is 0.237 e. The van der Waals surface area contributed by atoms with Crippen molar-refractivity contribution in [3.05, 3.63) is 28.7 Å². The zero-order valence-electron chi connectivity index (χ0n) is 10.1. The molecular weight excluding hydrogens is 298 g/mol. The first-order valence-corrected chi connectivity index (χ1v) is 6.40. The van der Waals surface area contributed by atoms with E-state index >= 15 is 0 Å². The van der Waals surface area contributed by atoms with E-state index in [0.29, 0.717) is 23.8 Å². The number of rotatable bonds is 4. The van der Waals surface area contributed by atoms with E-state index in [4.69, 9.17) is 4.52 Å². The number of halogens is 1. The summed E-state index contributed by atoms with van der Waals surface area (Å²) in [5.74, 6) is 0.409. The molecule has 0 saturated heterocycles. The van der Waals surface area contributed by atoms with Gasteiger partial charge in [-0.1, -0.05) is 12.1 Å². The van der Waals surface area contributed by atoms with Crippen LogP contribution in [0.1, 0.15) is 32.1 Å². The van der Waals surface area contributed by atoms with Crippen LogP contribution >= 0.6 is 15.9 Å². The SMILES string of the molecule is CCC(=O)C(C)c1nc(-c2ncccc2Br)no1. The third kappa shape index (κ3) is 2.48. The predicted octanol–water partition coefficient (Wildman–Crippen LogP) is 2.98. The van der Waals surface area contributed by atoms with Crippen molar-refractivity contribution in [2.75, 3.05) is 0 Å².